The van der Waals surface area contributed by atoms with Crippen molar-refractivity contribution in [2.45, 2.75) is 44.8 Å². The second-order valence-corrected chi connectivity index (χ2v) is 4.96. The molecule has 0 amide bonds. The van der Waals surface area contributed by atoms with Crippen molar-refractivity contribution in [2.75, 3.05) is 13.7 Å². The Balaban J connectivity index is 1.91. The quantitative estimate of drug-likeness (QED) is 0.873. The smallest absolute Gasteiger partial charge is 0.121 e. The molecule has 18 heavy (non-hydrogen) atoms. The molecule has 1 heterocycles. The van der Waals surface area contributed by atoms with Crippen molar-refractivity contribution < 1.29 is 14.6 Å². The average molecular weight is 250 g/mol. The SMILES string of the molecule is COc1ccc(C(O)CCC2CCCO2)cc1C. The Morgan fingerprint density at radius 2 is 2.33 bits per heavy atom. The van der Waals surface area contributed by atoms with Crippen molar-refractivity contribution in [3.05, 3.63) is 29.3 Å². The number of aryl methyl sites for hydroxylation is 1. The van der Waals surface area contributed by atoms with Gasteiger partial charge in [-0.1, -0.05) is 6.07 Å². The highest BCUT2D eigenvalue weighted by Gasteiger charge is 2.18. The van der Waals surface area contributed by atoms with Crippen LogP contribution < -0.4 is 4.74 Å². The number of rotatable bonds is 5. The van der Waals surface area contributed by atoms with Crippen molar-refractivity contribution in [1.82, 2.24) is 0 Å². The number of methoxy groups -OCH3 is 1. The van der Waals surface area contributed by atoms with E-state index in [1.807, 2.05) is 25.1 Å². The molecule has 2 atom stereocenters. The Morgan fingerprint density at radius 1 is 1.50 bits per heavy atom. The summed E-state index contributed by atoms with van der Waals surface area (Å²) in [6.07, 6.45) is 3.93. The fourth-order valence-electron chi connectivity index (χ4n) is 2.49. The van der Waals surface area contributed by atoms with Gasteiger partial charge in [-0.25, -0.2) is 0 Å². The molecule has 0 radical (unpaired) electrons. The molecule has 1 aliphatic heterocycles. The van der Waals surface area contributed by atoms with Crippen LogP contribution in [0.1, 0.15) is 42.9 Å². The minimum atomic E-state index is -0.404. The summed E-state index contributed by atoms with van der Waals surface area (Å²) in [7, 11) is 1.66. The van der Waals surface area contributed by atoms with Crippen LogP contribution in [0.25, 0.3) is 0 Å². The first-order valence-electron chi connectivity index (χ1n) is 6.65. The molecule has 0 bridgehead atoms. The van der Waals surface area contributed by atoms with E-state index < -0.39 is 6.10 Å². The van der Waals surface area contributed by atoms with Crippen LogP contribution in [0, 0.1) is 6.92 Å². The number of aliphatic hydroxyl groups is 1. The van der Waals surface area contributed by atoms with E-state index in [0.29, 0.717) is 6.10 Å². The standard InChI is InChI=1S/C15H22O3/c1-11-10-12(5-8-15(11)17-2)14(16)7-6-13-4-3-9-18-13/h5,8,10,13-14,16H,3-4,6-7,9H2,1-2H3. The highest BCUT2D eigenvalue weighted by atomic mass is 16.5. The predicted octanol–water partition coefficient (Wildman–Crippen LogP) is 3.00. The third kappa shape index (κ3) is 3.24. The molecule has 1 aromatic carbocycles. The van der Waals surface area contributed by atoms with Crippen LogP contribution in [0.2, 0.25) is 0 Å². The zero-order valence-corrected chi connectivity index (χ0v) is 11.2. The van der Waals surface area contributed by atoms with Crippen LogP contribution in [-0.4, -0.2) is 24.9 Å². The molecule has 0 aliphatic carbocycles. The highest BCUT2D eigenvalue weighted by molar-refractivity contribution is 5.36. The van der Waals surface area contributed by atoms with Gasteiger partial charge in [-0.15, -0.1) is 0 Å². The fraction of sp³-hybridized carbons (Fsp3) is 0.600. The normalized spacial score (nSPS) is 20.9. The molecule has 3 heteroatoms. The molecule has 3 nitrogen and oxygen atoms in total. The van der Waals surface area contributed by atoms with E-state index in [-0.39, 0.29) is 0 Å². The second-order valence-electron chi connectivity index (χ2n) is 4.96. The maximum Gasteiger partial charge on any atom is 0.121 e. The summed E-state index contributed by atoms with van der Waals surface area (Å²) in [5, 5.41) is 10.2. The van der Waals surface area contributed by atoms with E-state index in [1.165, 1.54) is 0 Å². The maximum absolute atomic E-state index is 10.2. The van der Waals surface area contributed by atoms with Gasteiger partial charge < -0.3 is 14.6 Å². The maximum atomic E-state index is 10.2. The zero-order valence-electron chi connectivity index (χ0n) is 11.2. The molecule has 0 spiro atoms. The number of ether oxygens (including phenoxy) is 2. The van der Waals surface area contributed by atoms with E-state index in [9.17, 15) is 5.11 Å². The topological polar surface area (TPSA) is 38.7 Å². The molecule has 2 rings (SSSR count). The average Bonchev–Trinajstić information content (AvgIpc) is 2.89. The molecule has 1 saturated heterocycles. The Labute approximate surface area is 109 Å². The Hall–Kier alpha value is -1.06. The predicted molar refractivity (Wildman–Crippen MR) is 70.9 cm³/mol. The fourth-order valence-corrected chi connectivity index (χ4v) is 2.49. The van der Waals surface area contributed by atoms with Crippen molar-refractivity contribution in [1.29, 1.82) is 0 Å². The third-order valence-corrected chi connectivity index (χ3v) is 3.59. The van der Waals surface area contributed by atoms with Crippen molar-refractivity contribution in [2.24, 2.45) is 0 Å². The molecule has 1 aromatic rings. The van der Waals surface area contributed by atoms with Crippen LogP contribution in [0.15, 0.2) is 18.2 Å². The lowest BCUT2D eigenvalue weighted by Crippen LogP contribution is -2.08. The molecular weight excluding hydrogens is 228 g/mol. The van der Waals surface area contributed by atoms with Gasteiger partial charge in [-0.3, -0.25) is 0 Å². The second kappa shape index (κ2) is 6.21. The first kappa shape index (κ1) is 13.4. The van der Waals surface area contributed by atoms with E-state index in [4.69, 9.17) is 9.47 Å². The lowest BCUT2D eigenvalue weighted by Gasteiger charge is -2.15. The third-order valence-electron chi connectivity index (χ3n) is 3.59. The molecule has 1 N–H and O–H groups in total. The highest BCUT2D eigenvalue weighted by Crippen LogP contribution is 2.27. The van der Waals surface area contributed by atoms with E-state index in [2.05, 4.69) is 0 Å². The van der Waals surface area contributed by atoms with Gasteiger partial charge >= 0.3 is 0 Å². The lowest BCUT2D eigenvalue weighted by atomic mass is 10.00. The lowest BCUT2D eigenvalue weighted by molar-refractivity contribution is 0.0812. The summed E-state index contributed by atoms with van der Waals surface area (Å²) >= 11 is 0. The largest absolute Gasteiger partial charge is 0.496 e. The summed E-state index contributed by atoms with van der Waals surface area (Å²) in [6, 6.07) is 5.85. The van der Waals surface area contributed by atoms with Crippen LogP contribution in [0.3, 0.4) is 0 Å². The van der Waals surface area contributed by atoms with Crippen LogP contribution >= 0.6 is 0 Å². The Kier molecular flexibility index (Phi) is 4.61. The number of benzene rings is 1. The van der Waals surface area contributed by atoms with Gasteiger partial charge in [0.15, 0.2) is 0 Å². The van der Waals surface area contributed by atoms with Crippen molar-refractivity contribution >= 4 is 0 Å². The Bertz CT molecular complexity index is 383. The number of hydrogen-bond acceptors (Lipinski definition) is 3. The minimum absolute atomic E-state index is 0.346. The molecule has 100 valence electrons. The van der Waals surface area contributed by atoms with Gasteiger partial charge in [-0.05, 0) is 55.9 Å². The Morgan fingerprint density at radius 3 is 2.94 bits per heavy atom. The first-order valence-corrected chi connectivity index (χ1v) is 6.65. The van der Waals surface area contributed by atoms with Crippen LogP contribution in [0.5, 0.6) is 5.75 Å². The summed E-state index contributed by atoms with van der Waals surface area (Å²) in [5.74, 6) is 0.866. The first-order chi connectivity index (χ1) is 8.70. The zero-order chi connectivity index (χ0) is 13.0. The van der Waals surface area contributed by atoms with Gasteiger partial charge in [-0.2, -0.15) is 0 Å². The summed E-state index contributed by atoms with van der Waals surface area (Å²) in [6.45, 7) is 2.87. The molecule has 0 aromatic heterocycles. The van der Waals surface area contributed by atoms with E-state index >= 15 is 0 Å². The van der Waals surface area contributed by atoms with E-state index in [1.54, 1.807) is 7.11 Å². The minimum Gasteiger partial charge on any atom is -0.496 e. The van der Waals surface area contributed by atoms with E-state index in [0.717, 1.165) is 49.2 Å². The van der Waals surface area contributed by atoms with Crippen LogP contribution in [0.4, 0.5) is 0 Å². The monoisotopic (exact) mass is 250 g/mol. The van der Waals surface area contributed by atoms with Crippen LogP contribution in [-0.2, 0) is 4.74 Å². The molecule has 1 fully saturated rings. The number of aliphatic hydroxyl groups excluding tert-OH is 1. The molecular formula is C15H22O3. The summed E-state index contributed by atoms with van der Waals surface area (Å²) in [5.41, 5.74) is 2.03. The van der Waals surface area contributed by atoms with Crippen molar-refractivity contribution in [3.63, 3.8) is 0 Å². The van der Waals surface area contributed by atoms with Gasteiger partial charge in [0.1, 0.15) is 5.75 Å². The van der Waals surface area contributed by atoms with Gasteiger partial charge in [0.25, 0.3) is 0 Å². The molecule has 1 aliphatic rings. The molecule has 0 saturated carbocycles. The molecule has 2 unspecified atom stereocenters. The van der Waals surface area contributed by atoms with Crippen molar-refractivity contribution in [3.8, 4) is 5.75 Å². The summed E-state index contributed by atoms with van der Waals surface area (Å²) in [4.78, 5) is 0. The number of hydrogen-bond donors (Lipinski definition) is 1. The van der Waals surface area contributed by atoms with Gasteiger partial charge in [0, 0.05) is 6.61 Å². The summed E-state index contributed by atoms with van der Waals surface area (Å²) < 4.78 is 10.8. The van der Waals surface area contributed by atoms with Gasteiger partial charge in [0.05, 0.1) is 19.3 Å². The van der Waals surface area contributed by atoms with Gasteiger partial charge in [0.2, 0.25) is 0 Å².